The zero-order valence-electron chi connectivity index (χ0n) is 12.5. The van der Waals surface area contributed by atoms with E-state index in [-0.39, 0.29) is 6.54 Å². The van der Waals surface area contributed by atoms with Crippen molar-refractivity contribution in [1.29, 1.82) is 0 Å². The molecule has 0 aliphatic rings. The first-order chi connectivity index (χ1) is 11.0. The fourth-order valence-electron chi connectivity index (χ4n) is 2.08. The van der Waals surface area contributed by atoms with E-state index in [1.807, 2.05) is 19.1 Å². The van der Waals surface area contributed by atoms with Gasteiger partial charge in [-0.25, -0.2) is 0 Å². The van der Waals surface area contributed by atoms with Crippen molar-refractivity contribution >= 4 is 29.1 Å². The summed E-state index contributed by atoms with van der Waals surface area (Å²) in [5.41, 5.74) is 1.97. The van der Waals surface area contributed by atoms with E-state index in [9.17, 15) is 14.7 Å². The molecular formula is C17H17ClN2O3. The van der Waals surface area contributed by atoms with Gasteiger partial charge in [-0.2, -0.15) is 0 Å². The molecule has 2 aromatic carbocycles. The topological polar surface area (TPSA) is 78.4 Å². The molecule has 5 nitrogen and oxygen atoms in total. The van der Waals surface area contributed by atoms with Gasteiger partial charge in [0.25, 0.3) is 0 Å². The van der Waals surface area contributed by atoms with Gasteiger partial charge in [-0.1, -0.05) is 48.0 Å². The standard InChI is InChI=1S/C17H17ClN2O3/c1-11-6-2-3-7-12(11)15(21)10-19-16(22)17(23)20-14-9-5-4-8-13(14)18/h2-9,15,21H,10H2,1H3,(H,19,22)(H,20,23)/t15-/m0/s1. The zero-order chi connectivity index (χ0) is 16.8. The minimum atomic E-state index is -0.881. The van der Waals surface area contributed by atoms with Crippen LogP contribution in [0, 0.1) is 6.92 Å². The third-order valence-electron chi connectivity index (χ3n) is 3.33. The molecule has 0 bridgehead atoms. The molecule has 0 aliphatic heterocycles. The summed E-state index contributed by atoms with van der Waals surface area (Å²) in [6.45, 7) is 1.81. The van der Waals surface area contributed by atoms with Crippen molar-refractivity contribution in [3.05, 3.63) is 64.7 Å². The van der Waals surface area contributed by atoms with E-state index in [0.717, 1.165) is 5.56 Å². The molecule has 0 heterocycles. The number of carbonyl (C=O) groups excluding carboxylic acids is 2. The fraction of sp³-hybridized carbons (Fsp3) is 0.176. The molecule has 0 saturated heterocycles. The lowest BCUT2D eigenvalue weighted by Crippen LogP contribution is -2.37. The Morgan fingerprint density at radius 2 is 1.74 bits per heavy atom. The van der Waals surface area contributed by atoms with Gasteiger partial charge in [0.15, 0.2) is 0 Å². The van der Waals surface area contributed by atoms with Crippen LogP contribution in [-0.2, 0) is 9.59 Å². The van der Waals surface area contributed by atoms with Gasteiger partial charge in [-0.05, 0) is 30.2 Å². The molecule has 0 saturated carbocycles. The number of nitrogens with one attached hydrogen (secondary N) is 2. The van der Waals surface area contributed by atoms with Gasteiger partial charge in [0.05, 0.1) is 16.8 Å². The molecular weight excluding hydrogens is 316 g/mol. The van der Waals surface area contributed by atoms with E-state index in [0.29, 0.717) is 16.3 Å². The second kappa shape index (κ2) is 7.76. The smallest absolute Gasteiger partial charge is 0.313 e. The van der Waals surface area contributed by atoms with Gasteiger partial charge in [0.1, 0.15) is 0 Å². The first kappa shape index (κ1) is 17.0. The summed E-state index contributed by atoms with van der Waals surface area (Å²) < 4.78 is 0. The number of aliphatic hydroxyl groups excluding tert-OH is 1. The summed E-state index contributed by atoms with van der Waals surface area (Å²) >= 11 is 5.91. The number of aryl methyl sites for hydroxylation is 1. The van der Waals surface area contributed by atoms with Crippen molar-refractivity contribution < 1.29 is 14.7 Å². The highest BCUT2D eigenvalue weighted by molar-refractivity contribution is 6.41. The molecule has 0 aliphatic carbocycles. The lowest BCUT2D eigenvalue weighted by Gasteiger charge is -2.14. The molecule has 0 unspecified atom stereocenters. The number of halogens is 1. The molecule has 0 radical (unpaired) electrons. The molecule has 1 atom stereocenters. The maximum atomic E-state index is 11.8. The number of aliphatic hydroxyl groups is 1. The Morgan fingerprint density at radius 3 is 2.43 bits per heavy atom. The Hall–Kier alpha value is -2.37. The quantitative estimate of drug-likeness (QED) is 0.752. The summed E-state index contributed by atoms with van der Waals surface area (Å²) in [6.07, 6.45) is -0.881. The SMILES string of the molecule is Cc1ccccc1[C@@H](O)CNC(=O)C(=O)Nc1ccccc1Cl. The van der Waals surface area contributed by atoms with Crippen LogP contribution in [0.1, 0.15) is 17.2 Å². The highest BCUT2D eigenvalue weighted by Gasteiger charge is 2.17. The molecule has 3 N–H and O–H groups in total. The minimum absolute atomic E-state index is 0.0559. The van der Waals surface area contributed by atoms with Gasteiger partial charge >= 0.3 is 11.8 Å². The Labute approximate surface area is 139 Å². The van der Waals surface area contributed by atoms with Crippen LogP contribution in [-0.4, -0.2) is 23.5 Å². The monoisotopic (exact) mass is 332 g/mol. The summed E-state index contributed by atoms with van der Waals surface area (Å²) in [5.74, 6) is -1.67. The second-order valence-electron chi connectivity index (χ2n) is 5.02. The maximum absolute atomic E-state index is 11.8. The molecule has 0 fully saturated rings. The molecule has 0 aromatic heterocycles. The van der Waals surface area contributed by atoms with Gasteiger partial charge in [0.2, 0.25) is 0 Å². The lowest BCUT2D eigenvalue weighted by atomic mass is 10.0. The Balaban J connectivity index is 1.91. The van der Waals surface area contributed by atoms with Gasteiger partial charge in [0, 0.05) is 6.54 Å². The van der Waals surface area contributed by atoms with Crippen molar-refractivity contribution in [2.75, 3.05) is 11.9 Å². The molecule has 120 valence electrons. The molecule has 2 aromatic rings. The second-order valence-corrected chi connectivity index (χ2v) is 5.42. The van der Waals surface area contributed by atoms with Crippen LogP contribution in [0.15, 0.2) is 48.5 Å². The maximum Gasteiger partial charge on any atom is 0.313 e. The third kappa shape index (κ3) is 4.55. The highest BCUT2D eigenvalue weighted by atomic mass is 35.5. The van der Waals surface area contributed by atoms with Crippen LogP contribution in [0.2, 0.25) is 5.02 Å². The van der Waals surface area contributed by atoms with Crippen LogP contribution < -0.4 is 10.6 Å². The van der Waals surface area contributed by atoms with E-state index in [1.54, 1.807) is 36.4 Å². The number of para-hydroxylation sites is 1. The normalized spacial score (nSPS) is 11.6. The summed E-state index contributed by atoms with van der Waals surface area (Å²) in [6, 6.07) is 13.9. The average molecular weight is 333 g/mol. The Bertz CT molecular complexity index is 718. The first-order valence-electron chi connectivity index (χ1n) is 7.06. The highest BCUT2D eigenvalue weighted by Crippen LogP contribution is 2.20. The van der Waals surface area contributed by atoms with E-state index in [4.69, 9.17) is 11.6 Å². The van der Waals surface area contributed by atoms with Gasteiger partial charge in [-0.3, -0.25) is 9.59 Å². The van der Waals surface area contributed by atoms with Gasteiger partial charge in [-0.15, -0.1) is 0 Å². The number of hydrogen-bond donors (Lipinski definition) is 3. The average Bonchev–Trinajstić information content (AvgIpc) is 2.54. The predicted molar refractivity (Wildman–Crippen MR) is 89.2 cm³/mol. The molecule has 2 rings (SSSR count). The Morgan fingerprint density at radius 1 is 1.09 bits per heavy atom. The number of rotatable bonds is 4. The van der Waals surface area contributed by atoms with Crippen molar-refractivity contribution in [1.82, 2.24) is 5.32 Å². The van der Waals surface area contributed by atoms with Crippen LogP contribution in [0.3, 0.4) is 0 Å². The zero-order valence-corrected chi connectivity index (χ0v) is 13.3. The van der Waals surface area contributed by atoms with Crippen LogP contribution in [0.4, 0.5) is 5.69 Å². The fourth-order valence-corrected chi connectivity index (χ4v) is 2.26. The van der Waals surface area contributed by atoms with Crippen LogP contribution in [0.25, 0.3) is 0 Å². The van der Waals surface area contributed by atoms with Gasteiger partial charge < -0.3 is 15.7 Å². The Kier molecular flexibility index (Phi) is 5.73. The summed E-state index contributed by atoms with van der Waals surface area (Å²) in [4.78, 5) is 23.6. The lowest BCUT2D eigenvalue weighted by molar-refractivity contribution is -0.136. The number of benzene rings is 2. The van der Waals surface area contributed by atoms with Crippen molar-refractivity contribution in [3.63, 3.8) is 0 Å². The molecule has 23 heavy (non-hydrogen) atoms. The number of carbonyl (C=O) groups is 2. The molecule has 6 heteroatoms. The minimum Gasteiger partial charge on any atom is -0.387 e. The number of amides is 2. The van der Waals surface area contributed by atoms with E-state index >= 15 is 0 Å². The van der Waals surface area contributed by atoms with E-state index in [1.165, 1.54) is 0 Å². The predicted octanol–water partition coefficient (Wildman–Crippen LogP) is 2.44. The molecule has 2 amide bonds. The first-order valence-corrected chi connectivity index (χ1v) is 7.44. The summed E-state index contributed by atoms with van der Waals surface area (Å²) in [5, 5.41) is 15.3. The van der Waals surface area contributed by atoms with Crippen LogP contribution in [0.5, 0.6) is 0 Å². The van der Waals surface area contributed by atoms with Crippen molar-refractivity contribution in [2.45, 2.75) is 13.0 Å². The number of hydrogen-bond acceptors (Lipinski definition) is 3. The van der Waals surface area contributed by atoms with Crippen molar-refractivity contribution in [3.8, 4) is 0 Å². The van der Waals surface area contributed by atoms with E-state index < -0.39 is 17.9 Å². The van der Waals surface area contributed by atoms with Crippen molar-refractivity contribution in [2.24, 2.45) is 0 Å². The molecule has 0 spiro atoms. The number of anilines is 1. The summed E-state index contributed by atoms with van der Waals surface area (Å²) in [7, 11) is 0. The van der Waals surface area contributed by atoms with E-state index in [2.05, 4.69) is 10.6 Å². The van der Waals surface area contributed by atoms with Crippen LogP contribution >= 0.6 is 11.6 Å². The largest absolute Gasteiger partial charge is 0.387 e. The third-order valence-corrected chi connectivity index (χ3v) is 3.66.